The van der Waals surface area contributed by atoms with E-state index < -0.39 is 34.4 Å². The van der Waals surface area contributed by atoms with E-state index in [0.29, 0.717) is 15.6 Å². The lowest BCUT2D eigenvalue weighted by Gasteiger charge is -2.32. The predicted octanol–water partition coefficient (Wildman–Crippen LogP) is 2.71. The summed E-state index contributed by atoms with van der Waals surface area (Å²) in [7, 11) is -2.63. The van der Waals surface area contributed by atoms with Crippen LogP contribution in [0.5, 0.6) is 5.75 Å². The number of sulfonamides is 1. The van der Waals surface area contributed by atoms with Gasteiger partial charge < -0.3 is 15.0 Å². The second-order valence-electron chi connectivity index (χ2n) is 9.21. The number of carbonyl (C=O) groups excluding carboxylic acids is 3. The van der Waals surface area contributed by atoms with Gasteiger partial charge in [0.25, 0.3) is 15.9 Å². The first-order chi connectivity index (χ1) is 17.2. The average Bonchev–Trinajstić information content (AvgIpc) is 3.08. The van der Waals surface area contributed by atoms with Crippen LogP contribution in [0.25, 0.3) is 0 Å². The number of rotatable bonds is 8. The van der Waals surface area contributed by atoms with E-state index in [-0.39, 0.29) is 29.0 Å². The predicted molar refractivity (Wildman–Crippen MR) is 133 cm³/mol. The maximum absolute atomic E-state index is 13.5. The van der Waals surface area contributed by atoms with E-state index in [0.717, 1.165) is 32.1 Å². The fraction of sp³-hybridized carbons (Fsp3) is 0.423. The normalized spacial score (nSPS) is 17.8. The molecule has 0 spiro atoms. The Hall–Kier alpha value is -3.40. The summed E-state index contributed by atoms with van der Waals surface area (Å²) in [5.41, 5.74) is 0.742. The maximum atomic E-state index is 13.5. The van der Waals surface area contributed by atoms with Gasteiger partial charge in [-0.2, -0.15) is 0 Å². The molecule has 0 aromatic heterocycles. The van der Waals surface area contributed by atoms with Gasteiger partial charge >= 0.3 is 0 Å². The Labute approximate surface area is 211 Å². The van der Waals surface area contributed by atoms with Crippen molar-refractivity contribution >= 4 is 27.7 Å². The van der Waals surface area contributed by atoms with Crippen molar-refractivity contribution in [3.63, 3.8) is 0 Å². The Morgan fingerprint density at radius 2 is 1.83 bits per heavy atom. The average molecular weight is 514 g/mol. The molecule has 1 aliphatic heterocycles. The van der Waals surface area contributed by atoms with Crippen LogP contribution in [0.1, 0.15) is 54.9 Å². The molecule has 10 heteroatoms. The van der Waals surface area contributed by atoms with Crippen molar-refractivity contribution < 1.29 is 27.5 Å². The van der Waals surface area contributed by atoms with Crippen molar-refractivity contribution in [1.82, 2.24) is 14.5 Å². The van der Waals surface area contributed by atoms with Gasteiger partial charge in [0.1, 0.15) is 23.2 Å². The van der Waals surface area contributed by atoms with E-state index in [1.165, 1.54) is 30.2 Å². The SMILES string of the molecule is COc1cccc(CN(C(=O)CN2C(=O)c3ccccc3S2(=O)=O)[C@@H](C)C(=O)NC2CCCCC2)c1. The number of methoxy groups -OCH3 is 1. The maximum Gasteiger partial charge on any atom is 0.269 e. The van der Waals surface area contributed by atoms with Gasteiger partial charge in [-0.25, -0.2) is 12.7 Å². The van der Waals surface area contributed by atoms with Crippen LogP contribution in [0, 0.1) is 0 Å². The lowest BCUT2D eigenvalue weighted by atomic mass is 9.95. The van der Waals surface area contributed by atoms with Gasteiger partial charge in [0.2, 0.25) is 11.8 Å². The van der Waals surface area contributed by atoms with Gasteiger partial charge in [-0.15, -0.1) is 0 Å². The Morgan fingerprint density at radius 1 is 1.11 bits per heavy atom. The summed E-state index contributed by atoms with van der Waals surface area (Å²) in [6.45, 7) is 0.969. The lowest BCUT2D eigenvalue weighted by Crippen LogP contribution is -2.52. The molecule has 0 unspecified atom stereocenters. The summed E-state index contributed by atoms with van der Waals surface area (Å²) in [6, 6.07) is 12.1. The Balaban J connectivity index is 1.58. The van der Waals surface area contributed by atoms with Crippen LogP contribution >= 0.6 is 0 Å². The molecule has 1 fully saturated rings. The molecule has 1 saturated carbocycles. The minimum absolute atomic E-state index is 0.0349. The van der Waals surface area contributed by atoms with Crippen LogP contribution in [-0.4, -0.2) is 61.1 Å². The molecule has 36 heavy (non-hydrogen) atoms. The van der Waals surface area contributed by atoms with Gasteiger partial charge in [-0.1, -0.05) is 43.5 Å². The zero-order valence-electron chi connectivity index (χ0n) is 20.5. The third kappa shape index (κ3) is 5.23. The third-order valence-electron chi connectivity index (χ3n) is 6.80. The highest BCUT2D eigenvalue weighted by molar-refractivity contribution is 7.90. The highest BCUT2D eigenvalue weighted by atomic mass is 32.2. The summed E-state index contributed by atoms with van der Waals surface area (Å²) in [5.74, 6) is -1.11. The second kappa shape index (κ2) is 10.7. The highest BCUT2D eigenvalue weighted by Crippen LogP contribution is 2.30. The second-order valence-corrected chi connectivity index (χ2v) is 11.0. The van der Waals surface area contributed by atoms with Gasteiger partial charge in [-0.05, 0) is 49.6 Å². The summed E-state index contributed by atoms with van der Waals surface area (Å²) in [6.07, 6.45) is 5.01. The molecule has 2 aliphatic rings. The fourth-order valence-corrected chi connectivity index (χ4v) is 6.24. The monoisotopic (exact) mass is 513 g/mol. The molecule has 4 rings (SSSR count). The van der Waals surface area contributed by atoms with Crippen LogP contribution in [0.15, 0.2) is 53.4 Å². The van der Waals surface area contributed by atoms with E-state index >= 15 is 0 Å². The Morgan fingerprint density at radius 3 is 2.53 bits per heavy atom. The van der Waals surface area contributed by atoms with Crippen LogP contribution in [0.3, 0.4) is 0 Å². The molecule has 1 atom stereocenters. The fourth-order valence-electron chi connectivity index (χ4n) is 4.72. The first-order valence-electron chi connectivity index (χ1n) is 12.1. The lowest BCUT2D eigenvalue weighted by molar-refractivity contribution is -0.140. The Bertz CT molecular complexity index is 1260. The topological polar surface area (TPSA) is 113 Å². The molecule has 9 nitrogen and oxygen atoms in total. The minimum Gasteiger partial charge on any atom is -0.497 e. The van der Waals surface area contributed by atoms with Crippen molar-refractivity contribution in [3.8, 4) is 5.75 Å². The van der Waals surface area contributed by atoms with E-state index in [1.54, 1.807) is 37.3 Å². The zero-order valence-corrected chi connectivity index (χ0v) is 21.3. The molecular formula is C26H31N3O6S. The molecule has 0 radical (unpaired) electrons. The van der Waals surface area contributed by atoms with E-state index in [1.807, 2.05) is 0 Å². The van der Waals surface area contributed by atoms with Crippen LogP contribution < -0.4 is 10.1 Å². The van der Waals surface area contributed by atoms with Crippen molar-refractivity contribution in [2.24, 2.45) is 0 Å². The van der Waals surface area contributed by atoms with E-state index in [4.69, 9.17) is 4.74 Å². The quantitative estimate of drug-likeness (QED) is 0.581. The largest absolute Gasteiger partial charge is 0.497 e. The zero-order chi connectivity index (χ0) is 25.9. The van der Waals surface area contributed by atoms with Crippen molar-refractivity contribution in [3.05, 3.63) is 59.7 Å². The van der Waals surface area contributed by atoms with Gasteiger partial charge in [-0.3, -0.25) is 14.4 Å². The molecule has 3 amide bonds. The molecule has 1 aliphatic carbocycles. The molecule has 192 valence electrons. The first kappa shape index (κ1) is 25.7. The molecule has 0 saturated heterocycles. The summed E-state index contributed by atoms with van der Waals surface area (Å²) in [4.78, 5) is 40.7. The third-order valence-corrected chi connectivity index (χ3v) is 8.58. The molecule has 1 heterocycles. The highest BCUT2D eigenvalue weighted by Gasteiger charge is 2.43. The molecule has 1 N–H and O–H groups in total. The summed E-state index contributed by atoms with van der Waals surface area (Å²) in [5, 5.41) is 3.04. The summed E-state index contributed by atoms with van der Waals surface area (Å²) < 4.78 is 31.9. The number of amides is 3. The van der Waals surface area contributed by atoms with Crippen LogP contribution in [-0.2, 0) is 26.2 Å². The first-order valence-corrected chi connectivity index (χ1v) is 13.5. The van der Waals surface area contributed by atoms with Crippen LogP contribution in [0.4, 0.5) is 0 Å². The van der Waals surface area contributed by atoms with Gasteiger partial charge in [0.15, 0.2) is 0 Å². The number of ether oxygens (including phenoxy) is 1. The molecule has 0 bridgehead atoms. The van der Waals surface area contributed by atoms with Crippen molar-refractivity contribution in [1.29, 1.82) is 0 Å². The van der Waals surface area contributed by atoms with Gasteiger partial charge in [0.05, 0.1) is 12.7 Å². The Kier molecular flexibility index (Phi) is 7.63. The number of carbonyl (C=O) groups is 3. The standard InChI is InChI=1S/C26H31N3O6S/c1-18(25(31)27-20-10-4-3-5-11-20)28(16-19-9-8-12-21(15-19)35-2)24(30)17-29-26(32)22-13-6-7-14-23(22)36(29,33)34/h6-9,12-15,18,20H,3-5,10-11,16-17H2,1-2H3,(H,27,31)/t18-/m0/s1. The van der Waals surface area contributed by atoms with Gasteiger partial charge in [0, 0.05) is 12.6 Å². The van der Waals surface area contributed by atoms with E-state index in [2.05, 4.69) is 5.32 Å². The summed E-state index contributed by atoms with van der Waals surface area (Å²) >= 11 is 0. The van der Waals surface area contributed by atoms with Crippen LogP contribution in [0.2, 0.25) is 0 Å². The van der Waals surface area contributed by atoms with Crippen molar-refractivity contribution in [2.75, 3.05) is 13.7 Å². The number of benzene rings is 2. The molecule has 2 aromatic rings. The minimum atomic E-state index is -4.16. The smallest absolute Gasteiger partial charge is 0.269 e. The number of hydrogen-bond acceptors (Lipinski definition) is 6. The number of nitrogens with zero attached hydrogens (tertiary/aromatic N) is 2. The number of hydrogen-bond donors (Lipinski definition) is 1. The number of fused-ring (bicyclic) bond motifs is 1. The molecule has 2 aromatic carbocycles. The number of nitrogens with one attached hydrogen (secondary N) is 1. The molecular weight excluding hydrogens is 482 g/mol. The van der Waals surface area contributed by atoms with E-state index in [9.17, 15) is 22.8 Å². The van der Waals surface area contributed by atoms with Crippen molar-refractivity contribution in [2.45, 2.75) is 62.6 Å².